The van der Waals surface area contributed by atoms with Crippen LogP contribution in [0.1, 0.15) is 31.2 Å². The zero-order valence-electron chi connectivity index (χ0n) is 15.8. The third kappa shape index (κ3) is 4.67. The van der Waals surface area contributed by atoms with E-state index in [9.17, 15) is 14.0 Å². The molecule has 1 aromatic heterocycles. The van der Waals surface area contributed by atoms with Crippen molar-refractivity contribution < 1.29 is 9.18 Å². The molecule has 1 aromatic carbocycles. The molecule has 2 aromatic rings. The molecule has 2 aliphatic rings. The fourth-order valence-corrected chi connectivity index (χ4v) is 3.90. The Morgan fingerprint density at radius 3 is 2.86 bits per heavy atom. The molecule has 10 heteroatoms. The number of benzene rings is 1. The van der Waals surface area contributed by atoms with E-state index in [4.69, 9.17) is 11.6 Å². The summed E-state index contributed by atoms with van der Waals surface area (Å²) < 4.78 is 14.0. The Bertz CT molecular complexity index is 950. The number of rotatable bonds is 5. The number of hydrogen-bond acceptors (Lipinski definition) is 5. The first-order chi connectivity index (χ1) is 14.0. The van der Waals surface area contributed by atoms with Gasteiger partial charge in [-0.1, -0.05) is 17.7 Å². The molecule has 0 bridgehead atoms. The minimum Gasteiger partial charge on any atom is -0.340 e. The van der Waals surface area contributed by atoms with Gasteiger partial charge in [-0.3, -0.25) is 4.98 Å². The molecular formula is C19H22ClFN6O2. The molecule has 8 nitrogen and oxygen atoms in total. The summed E-state index contributed by atoms with van der Waals surface area (Å²) in [5.41, 5.74) is -0.0544. The van der Waals surface area contributed by atoms with Gasteiger partial charge in [0, 0.05) is 36.3 Å². The van der Waals surface area contributed by atoms with Crippen LogP contribution in [0.4, 0.5) is 15.1 Å². The molecule has 2 heterocycles. The number of anilines is 1. The van der Waals surface area contributed by atoms with E-state index in [-0.39, 0.29) is 24.7 Å². The van der Waals surface area contributed by atoms with Gasteiger partial charge in [-0.15, -0.1) is 0 Å². The molecule has 0 spiro atoms. The van der Waals surface area contributed by atoms with Crippen LogP contribution in [0.5, 0.6) is 0 Å². The van der Waals surface area contributed by atoms with Crippen molar-refractivity contribution in [2.24, 2.45) is 0 Å². The number of aromatic nitrogens is 3. The number of H-pyrrole nitrogens is 1. The normalized spacial score (nSPS) is 19.1. The molecule has 1 saturated carbocycles. The summed E-state index contributed by atoms with van der Waals surface area (Å²) in [7, 11) is 0. The second-order valence-electron chi connectivity index (χ2n) is 7.40. The van der Waals surface area contributed by atoms with Crippen LogP contribution in [0.2, 0.25) is 5.02 Å². The topological polar surface area (TPSA) is 94.2 Å². The van der Waals surface area contributed by atoms with Gasteiger partial charge in [-0.05, 0) is 37.8 Å². The van der Waals surface area contributed by atoms with E-state index >= 15 is 0 Å². The van der Waals surface area contributed by atoms with Crippen LogP contribution in [0, 0.1) is 5.82 Å². The number of nitrogens with one attached hydrogen (secondary N) is 2. The molecule has 154 valence electrons. The Labute approximate surface area is 172 Å². The van der Waals surface area contributed by atoms with Crippen molar-refractivity contribution in [3.8, 4) is 0 Å². The van der Waals surface area contributed by atoms with Crippen molar-refractivity contribution in [2.45, 2.75) is 44.3 Å². The maximum Gasteiger partial charge on any atom is 0.349 e. The smallest absolute Gasteiger partial charge is 0.340 e. The fourth-order valence-electron chi connectivity index (χ4n) is 3.74. The molecule has 0 radical (unpaired) electrons. The fraction of sp³-hybridized carbons (Fsp3) is 0.474. The Kier molecular flexibility index (Phi) is 5.66. The number of amides is 2. The molecule has 1 aliphatic heterocycles. The second kappa shape index (κ2) is 8.36. The van der Waals surface area contributed by atoms with Gasteiger partial charge < -0.3 is 15.1 Å². The highest BCUT2D eigenvalue weighted by atomic mass is 35.5. The maximum absolute atomic E-state index is 14.0. The first-order valence-corrected chi connectivity index (χ1v) is 10.1. The highest BCUT2D eigenvalue weighted by molar-refractivity contribution is 6.30. The Morgan fingerprint density at radius 1 is 1.31 bits per heavy atom. The van der Waals surface area contributed by atoms with Crippen molar-refractivity contribution in [3.05, 3.63) is 51.4 Å². The largest absolute Gasteiger partial charge is 0.349 e. The van der Waals surface area contributed by atoms with Crippen LogP contribution in [-0.2, 0) is 6.54 Å². The first-order valence-electron chi connectivity index (χ1n) is 9.67. The van der Waals surface area contributed by atoms with E-state index in [0.717, 1.165) is 32.2 Å². The summed E-state index contributed by atoms with van der Waals surface area (Å²) in [5, 5.41) is 3.17. The Hall–Kier alpha value is -2.68. The highest BCUT2D eigenvalue weighted by Gasteiger charge is 2.39. The van der Waals surface area contributed by atoms with Crippen LogP contribution >= 0.6 is 11.6 Å². The minimum absolute atomic E-state index is 0.00946. The number of piperidine rings is 1. The highest BCUT2D eigenvalue weighted by Crippen LogP contribution is 2.32. The van der Waals surface area contributed by atoms with Gasteiger partial charge in [-0.2, -0.15) is 4.98 Å². The minimum atomic E-state index is -0.445. The predicted octanol–water partition coefficient (Wildman–Crippen LogP) is 2.30. The maximum atomic E-state index is 14.0. The first kappa shape index (κ1) is 19.6. The van der Waals surface area contributed by atoms with E-state index in [2.05, 4.69) is 20.3 Å². The number of nitrogens with zero attached hydrogens (tertiary/aromatic N) is 4. The second-order valence-corrected chi connectivity index (χ2v) is 7.84. The summed E-state index contributed by atoms with van der Waals surface area (Å²) >= 11 is 5.78. The Balaban J connectivity index is 1.44. The average Bonchev–Trinajstić information content (AvgIpc) is 3.53. The predicted molar refractivity (Wildman–Crippen MR) is 106 cm³/mol. The zero-order chi connectivity index (χ0) is 20.4. The number of aromatic amines is 1. The summed E-state index contributed by atoms with van der Waals surface area (Å²) in [4.78, 5) is 38.6. The molecule has 29 heavy (non-hydrogen) atoms. The van der Waals surface area contributed by atoms with E-state index in [1.54, 1.807) is 12.1 Å². The number of urea groups is 1. The summed E-state index contributed by atoms with van der Waals surface area (Å²) in [6.45, 7) is 1.42. The summed E-state index contributed by atoms with van der Waals surface area (Å²) in [6.07, 6.45) is 4.90. The van der Waals surface area contributed by atoms with Gasteiger partial charge >= 0.3 is 11.7 Å². The van der Waals surface area contributed by atoms with E-state index in [1.807, 2.05) is 9.80 Å². The van der Waals surface area contributed by atoms with Gasteiger partial charge in [0.2, 0.25) is 5.95 Å². The van der Waals surface area contributed by atoms with E-state index < -0.39 is 11.5 Å². The molecule has 1 saturated heterocycles. The van der Waals surface area contributed by atoms with Gasteiger partial charge in [0.25, 0.3) is 0 Å². The zero-order valence-corrected chi connectivity index (χ0v) is 16.5. The van der Waals surface area contributed by atoms with Crippen LogP contribution in [-0.4, -0.2) is 51.1 Å². The van der Waals surface area contributed by atoms with Crippen LogP contribution in [0.15, 0.2) is 29.3 Å². The standard InChI is InChI=1S/C19H22ClFN6O2/c20-13-4-3-12(16(21)8-13)9-22-19(29)27(14-5-6-14)15-2-1-7-26(10-15)17-23-11-24-18(28)25-17/h3-4,8,11,14-15H,1-2,5-7,9-10H2,(H,22,29)(H,23,24,25,28)/t15-/m1/s1. The SMILES string of the molecule is O=C(NCc1ccc(Cl)cc1F)N(C1CC1)[C@@H]1CCCN(c2ncnc(=O)[nH]2)C1. The average molecular weight is 421 g/mol. The van der Waals surface area contributed by atoms with Gasteiger partial charge in [0.1, 0.15) is 12.1 Å². The summed E-state index contributed by atoms with van der Waals surface area (Å²) in [6, 6.07) is 4.40. The third-order valence-electron chi connectivity index (χ3n) is 5.28. The molecule has 4 rings (SSSR count). The lowest BCUT2D eigenvalue weighted by Crippen LogP contribution is -2.54. The molecule has 2 fully saturated rings. The van der Waals surface area contributed by atoms with Crippen molar-refractivity contribution in [3.63, 3.8) is 0 Å². The lowest BCUT2D eigenvalue weighted by Gasteiger charge is -2.39. The lowest BCUT2D eigenvalue weighted by molar-refractivity contribution is 0.160. The quantitative estimate of drug-likeness (QED) is 0.774. The van der Waals surface area contributed by atoms with Gasteiger partial charge in [0.05, 0.1) is 6.04 Å². The number of carbonyl (C=O) groups excluding carboxylic acids is 1. The molecule has 2 amide bonds. The van der Waals surface area contributed by atoms with E-state index in [0.29, 0.717) is 23.1 Å². The molecular weight excluding hydrogens is 399 g/mol. The van der Waals surface area contributed by atoms with E-state index in [1.165, 1.54) is 12.4 Å². The Morgan fingerprint density at radius 2 is 2.14 bits per heavy atom. The van der Waals surface area contributed by atoms with Crippen LogP contribution in [0.25, 0.3) is 0 Å². The van der Waals surface area contributed by atoms with Gasteiger partial charge in [-0.25, -0.2) is 19.0 Å². The molecule has 2 N–H and O–H groups in total. The van der Waals surface area contributed by atoms with Crippen molar-refractivity contribution in [1.82, 2.24) is 25.2 Å². The number of carbonyl (C=O) groups is 1. The molecule has 0 unspecified atom stereocenters. The number of hydrogen-bond donors (Lipinski definition) is 2. The third-order valence-corrected chi connectivity index (χ3v) is 5.52. The lowest BCUT2D eigenvalue weighted by atomic mass is 10.0. The summed E-state index contributed by atoms with van der Waals surface area (Å²) in [5.74, 6) is 0.0291. The monoisotopic (exact) mass is 420 g/mol. The van der Waals surface area contributed by atoms with Crippen LogP contribution < -0.4 is 15.9 Å². The van der Waals surface area contributed by atoms with Crippen molar-refractivity contribution in [1.29, 1.82) is 0 Å². The molecule has 1 aliphatic carbocycles. The van der Waals surface area contributed by atoms with Crippen molar-refractivity contribution >= 4 is 23.6 Å². The molecule has 1 atom stereocenters. The van der Waals surface area contributed by atoms with Gasteiger partial charge in [0.15, 0.2) is 0 Å². The number of halogens is 2. The van der Waals surface area contributed by atoms with Crippen LogP contribution in [0.3, 0.4) is 0 Å². The van der Waals surface area contributed by atoms with Crippen molar-refractivity contribution in [2.75, 3.05) is 18.0 Å².